The van der Waals surface area contributed by atoms with E-state index in [0.29, 0.717) is 12.4 Å². The van der Waals surface area contributed by atoms with Gasteiger partial charge in [-0.3, -0.25) is 4.79 Å². The highest BCUT2D eigenvalue weighted by Gasteiger charge is 2.35. The van der Waals surface area contributed by atoms with Crippen molar-refractivity contribution in [3.63, 3.8) is 0 Å². The molecule has 2 unspecified atom stereocenters. The summed E-state index contributed by atoms with van der Waals surface area (Å²) in [4.78, 5) is 12.5. The van der Waals surface area contributed by atoms with Crippen molar-refractivity contribution in [3.8, 4) is 17.1 Å². The van der Waals surface area contributed by atoms with Crippen LogP contribution in [0.3, 0.4) is 0 Å². The second-order valence-corrected chi connectivity index (χ2v) is 6.02. The summed E-state index contributed by atoms with van der Waals surface area (Å²) < 4.78 is 5.80. The summed E-state index contributed by atoms with van der Waals surface area (Å²) in [5.74, 6) is 1.27. The number of benzene rings is 2. The van der Waals surface area contributed by atoms with E-state index in [1.54, 1.807) is 0 Å². The Morgan fingerprint density at radius 2 is 2.00 bits per heavy atom. The van der Waals surface area contributed by atoms with Gasteiger partial charge in [-0.25, -0.2) is 0 Å². The van der Waals surface area contributed by atoms with Crippen LogP contribution in [-0.4, -0.2) is 32.6 Å². The molecular weight excluding hydrogens is 318 g/mol. The molecule has 0 spiro atoms. The Labute approximate surface area is 144 Å². The first-order valence-electron chi connectivity index (χ1n) is 8.08. The van der Waals surface area contributed by atoms with Gasteiger partial charge in [-0.1, -0.05) is 49.4 Å². The van der Waals surface area contributed by atoms with Crippen LogP contribution in [0.25, 0.3) is 11.4 Å². The molecule has 0 aliphatic carbocycles. The lowest BCUT2D eigenvalue weighted by Crippen LogP contribution is -2.38. The Hall–Kier alpha value is -3.22. The van der Waals surface area contributed by atoms with Gasteiger partial charge in [0.1, 0.15) is 5.75 Å². The molecule has 2 N–H and O–H groups in total. The van der Waals surface area contributed by atoms with E-state index >= 15 is 0 Å². The van der Waals surface area contributed by atoms with Gasteiger partial charge < -0.3 is 10.1 Å². The van der Waals surface area contributed by atoms with E-state index in [2.05, 4.69) is 25.9 Å². The molecule has 0 radical (unpaired) electrons. The number of ether oxygens (including phenoxy) is 1. The monoisotopic (exact) mass is 335 g/mol. The van der Waals surface area contributed by atoms with Gasteiger partial charge in [-0.05, 0) is 16.8 Å². The van der Waals surface area contributed by atoms with Crippen molar-refractivity contribution in [2.45, 2.75) is 25.5 Å². The SMILES string of the molecule is CC1c2ccccc2OC1C(=O)NCc1ccc(-c2nn[nH]n2)cc1. The first kappa shape index (κ1) is 15.3. The fraction of sp³-hybridized carbons (Fsp3) is 0.222. The van der Waals surface area contributed by atoms with E-state index in [1.807, 2.05) is 55.5 Å². The Bertz CT molecular complexity index is 877. The summed E-state index contributed by atoms with van der Waals surface area (Å²) in [6.07, 6.45) is -0.490. The summed E-state index contributed by atoms with van der Waals surface area (Å²) in [6.45, 7) is 2.45. The molecule has 2 aromatic carbocycles. The predicted octanol–water partition coefficient (Wildman–Crippen LogP) is 2.05. The van der Waals surface area contributed by atoms with Crippen LogP contribution >= 0.6 is 0 Å². The third-order valence-electron chi connectivity index (χ3n) is 4.40. The normalized spacial score (nSPS) is 18.4. The van der Waals surface area contributed by atoms with Gasteiger partial charge in [0.15, 0.2) is 6.10 Å². The predicted molar refractivity (Wildman–Crippen MR) is 90.7 cm³/mol. The minimum Gasteiger partial charge on any atom is -0.480 e. The zero-order valence-corrected chi connectivity index (χ0v) is 13.6. The number of H-pyrrole nitrogens is 1. The molecule has 0 saturated carbocycles. The number of rotatable bonds is 4. The fourth-order valence-corrected chi connectivity index (χ4v) is 2.99. The minimum absolute atomic E-state index is 0.0387. The molecule has 4 rings (SSSR count). The highest BCUT2D eigenvalue weighted by Crippen LogP contribution is 2.37. The second-order valence-electron chi connectivity index (χ2n) is 6.02. The molecule has 7 nitrogen and oxygen atoms in total. The molecular formula is C18H17N5O2. The number of tetrazole rings is 1. The summed E-state index contributed by atoms with van der Waals surface area (Å²) in [5, 5.41) is 16.8. The molecule has 1 amide bonds. The van der Waals surface area contributed by atoms with Crippen LogP contribution in [0.1, 0.15) is 24.0 Å². The van der Waals surface area contributed by atoms with Crippen molar-refractivity contribution in [3.05, 3.63) is 59.7 Å². The number of para-hydroxylation sites is 1. The Kier molecular flexibility index (Phi) is 3.89. The Balaban J connectivity index is 1.38. The average molecular weight is 335 g/mol. The van der Waals surface area contributed by atoms with Gasteiger partial charge in [0, 0.05) is 23.6 Å². The van der Waals surface area contributed by atoms with E-state index in [1.165, 1.54) is 0 Å². The molecule has 1 aliphatic heterocycles. The molecule has 0 bridgehead atoms. The standard InChI is InChI=1S/C18H17N5O2/c1-11-14-4-2-3-5-15(14)25-16(11)18(24)19-10-12-6-8-13(9-7-12)17-20-22-23-21-17/h2-9,11,16H,10H2,1H3,(H,19,24)(H,20,21,22,23). The largest absolute Gasteiger partial charge is 0.480 e. The summed E-state index contributed by atoms with van der Waals surface area (Å²) >= 11 is 0. The van der Waals surface area contributed by atoms with Crippen molar-refractivity contribution < 1.29 is 9.53 Å². The second kappa shape index (κ2) is 6.35. The van der Waals surface area contributed by atoms with E-state index in [4.69, 9.17) is 4.74 Å². The van der Waals surface area contributed by atoms with Crippen molar-refractivity contribution >= 4 is 5.91 Å². The molecule has 1 aliphatic rings. The van der Waals surface area contributed by atoms with Gasteiger partial charge in [-0.15, -0.1) is 10.2 Å². The zero-order chi connectivity index (χ0) is 17.2. The lowest BCUT2D eigenvalue weighted by molar-refractivity contribution is -0.128. The third-order valence-corrected chi connectivity index (χ3v) is 4.40. The number of hydrogen-bond acceptors (Lipinski definition) is 5. The number of amides is 1. The maximum atomic E-state index is 12.5. The highest BCUT2D eigenvalue weighted by atomic mass is 16.5. The van der Waals surface area contributed by atoms with Crippen LogP contribution in [-0.2, 0) is 11.3 Å². The number of aromatic nitrogens is 4. The molecule has 126 valence electrons. The molecule has 25 heavy (non-hydrogen) atoms. The van der Waals surface area contributed by atoms with Crippen LogP contribution < -0.4 is 10.1 Å². The third kappa shape index (κ3) is 2.96. The lowest BCUT2D eigenvalue weighted by atomic mass is 9.97. The van der Waals surface area contributed by atoms with Crippen molar-refractivity contribution in [1.29, 1.82) is 0 Å². The molecule has 2 heterocycles. The van der Waals surface area contributed by atoms with Crippen molar-refractivity contribution in [1.82, 2.24) is 25.9 Å². The zero-order valence-electron chi connectivity index (χ0n) is 13.6. The lowest BCUT2D eigenvalue weighted by Gasteiger charge is -2.15. The first-order valence-corrected chi connectivity index (χ1v) is 8.08. The summed E-state index contributed by atoms with van der Waals surface area (Å²) in [6, 6.07) is 15.4. The summed E-state index contributed by atoms with van der Waals surface area (Å²) in [5.41, 5.74) is 2.93. The van der Waals surface area contributed by atoms with Gasteiger partial charge in [-0.2, -0.15) is 5.21 Å². The maximum absolute atomic E-state index is 12.5. The van der Waals surface area contributed by atoms with E-state index in [9.17, 15) is 4.79 Å². The Morgan fingerprint density at radius 1 is 1.20 bits per heavy atom. The van der Waals surface area contributed by atoms with E-state index < -0.39 is 6.10 Å². The molecule has 0 saturated heterocycles. The van der Waals surface area contributed by atoms with Gasteiger partial charge in [0.2, 0.25) is 5.82 Å². The molecule has 1 aromatic heterocycles. The van der Waals surface area contributed by atoms with Gasteiger partial charge in [0.25, 0.3) is 5.91 Å². The minimum atomic E-state index is -0.490. The van der Waals surface area contributed by atoms with Gasteiger partial charge >= 0.3 is 0 Å². The molecule has 2 atom stereocenters. The highest BCUT2D eigenvalue weighted by molar-refractivity contribution is 5.83. The van der Waals surface area contributed by atoms with Crippen LogP contribution in [0.2, 0.25) is 0 Å². The van der Waals surface area contributed by atoms with Crippen LogP contribution in [0.4, 0.5) is 0 Å². The number of nitrogens with zero attached hydrogens (tertiary/aromatic N) is 3. The van der Waals surface area contributed by atoms with E-state index in [0.717, 1.165) is 22.4 Å². The number of carbonyl (C=O) groups excluding carboxylic acids is 1. The quantitative estimate of drug-likeness (QED) is 0.761. The fourth-order valence-electron chi connectivity index (χ4n) is 2.99. The number of carbonyl (C=O) groups is 1. The Morgan fingerprint density at radius 3 is 2.72 bits per heavy atom. The van der Waals surface area contributed by atoms with Gasteiger partial charge in [0.05, 0.1) is 0 Å². The maximum Gasteiger partial charge on any atom is 0.261 e. The number of aromatic amines is 1. The molecule has 0 fully saturated rings. The number of fused-ring (bicyclic) bond motifs is 1. The summed E-state index contributed by atoms with van der Waals surface area (Å²) in [7, 11) is 0. The van der Waals surface area contributed by atoms with Crippen molar-refractivity contribution in [2.24, 2.45) is 0 Å². The molecule has 7 heteroatoms. The average Bonchev–Trinajstić information content (AvgIpc) is 3.29. The van der Waals surface area contributed by atoms with Crippen LogP contribution in [0, 0.1) is 0 Å². The van der Waals surface area contributed by atoms with Crippen molar-refractivity contribution in [2.75, 3.05) is 0 Å². The number of hydrogen-bond donors (Lipinski definition) is 2. The molecule has 3 aromatic rings. The topological polar surface area (TPSA) is 92.8 Å². The number of nitrogens with one attached hydrogen (secondary N) is 2. The van der Waals surface area contributed by atoms with E-state index in [-0.39, 0.29) is 11.8 Å². The van der Waals surface area contributed by atoms with Crippen LogP contribution in [0.15, 0.2) is 48.5 Å². The smallest absolute Gasteiger partial charge is 0.261 e. The first-order chi connectivity index (χ1) is 12.2. The van der Waals surface area contributed by atoms with Crippen LogP contribution in [0.5, 0.6) is 5.75 Å².